The van der Waals surface area contributed by atoms with Gasteiger partial charge in [0.15, 0.2) is 11.5 Å². The van der Waals surface area contributed by atoms with Gasteiger partial charge in [0.1, 0.15) is 11.5 Å². The molecule has 3 atom stereocenters. The van der Waals surface area contributed by atoms with E-state index in [-0.39, 0.29) is 12.9 Å². The zero-order valence-corrected chi connectivity index (χ0v) is 17.5. The van der Waals surface area contributed by atoms with Crippen LogP contribution in [0.5, 0.6) is 11.5 Å². The Morgan fingerprint density at radius 2 is 1.97 bits per heavy atom. The Labute approximate surface area is 181 Å². The number of pyridine rings is 1. The molecule has 0 unspecified atom stereocenters. The summed E-state index contributed by atoms with van der Waals surface area (Å²) >= 11 is 0. The molecule has 0 spiro atoms. The van der Waals surface area contributed by atoms with Gasteiger partial charge >= 0.3 is 0 Å². The number of aryl methyl sites for hydroxylation is 1. The lowest BCUT2D eigenvalue weighted by Crippen LogP contribution is -2.26. The summed E-state index contributed by atoms with van der Waals surface area (Å²) in [7, 11) is 0. The number of aliphatic hydroxyl groups excluding tert-OH is 1. The van der Waals surface area contributed by atoms with Crippen molar-refractivity contribution in [1.82, 2.24) is 14.5 Å². The first kappa shape index (κ1) is 18.6. The van der Waals surface area contributed by atoms with Crippen molar-refractivity contribution in [2.75, 3.05) is 6.79 Å². The Balaban J connectivity index is 1.56. The van der Waals surface area contributed by atoms with Gasteiger partial charge in [-0.2, -0.15) is 0 Å². The topological polar surface area (TPSA) is 69.4 Å². The summed E-state index contributed by atoms with van der Waals surface area (Å²) in [6.07, 6.45) is 6.82. The molecule has 1 aliphatic carbocycles. The minimum atomic E-state index is -0.223. The first-order valence-corrected chi connectivity index (χ1v) is 11.0. The third-order valence-corrected chi connectivity index (χ3v) is 6.65. The van der Waals surface area contributed by atoms with Crippen molar-refractivity contribution in [2.45, 2.75) is 44.8 Å². The van der Waals surface area contributed by atoms with E-state index in [1.807, 2.05) is 37.3 Å². The van der Waals surface area contributed by atoms with Crippen LogP contribution in [-0.2, 0) is 6.54 Å². The highest BCUT2D eigenvalue weighted by molar-refractivity contribution is 5.79. The lowest BCUT2D eigenvalue weighted by molar-refractivity contribution is 0.101. The van der Waals surface area contributed by atoms with E-state index in [4.69, 9.17) is 19.4 Å². The molecule has 1 aromatic carbocycles. The fraction of sp³-hybridized carbons (Fsp3) is 0.360. The average Bonchev–Trinajstić information content (AvgIpc) is 3.34. The van der Waals surface area contributed by atoms with Crippen LogP contribution < -0.4 is 9.47 Å². The van der Waals surface area contributed by atoms with Crippen molar-refractivity contribution in [3.05, 3.63) is 60.1 Å². The van der Waals surface area contributed by atoms with Gasteiger partial charge in [-0.05, 0) is 62.4 Å². The molecule has 158 valence electrons. The molecule has 4 heterocycles. The molecule has 1 N–H and O–H groups in total. The van der Waals surface area contributed by atoms with Crippen LogP contribution in [0.3, 0.4) is 0 Å². The fourth-order valence-electron chi connectivity index (χ4n) is 5.18. The second kappa shape index (κ2) is 7.24. The highest BCUT2D eigenvalue weighted by Crippen LogP contribution is 2.45. The van der Waals surface area contributed by atoms with Crippen molar-refractivity contribution in [3.63, 3.8) is 0 Å². The van der Waals surface area contributed by atoms with Gasteiger partial charge in [-0.3, -0.25) is 4.98 Å². The quantitative estimate of drug-likeness (QED) is 0.626. The number of nitrogens with zero attached hydrogens (tertiary/aromatic N) is 3. The predicted molar refractivity (Wildman–Crippen MR) is 117 cm³/mol. The number of hydrogen-bond donors (Lipinski definition) is 1. The van der Waals surface area contributed by atoms with E-state index in [0.717, 1.165) is 71.5 Å². The average molecular weight is 415 g/mol. The minimum absolute atomic E-state index is 0.223. The molecule has 2 aliphatic heterocycles. The van der Waals surface area contributed by atoms with Crippen LogP contribution in [0.2, 0.25) is 0 Å². The number of benzene rings is 1. The van der Waals surface area contributed by atoms with Crippen LogP contribution in [0.15, 0.2) is 48.6 Å². The largest absolute Gasteiger partial charge is 0.454 e. The third-order valence-electron chi connectivity index (χ3n) is 6.65. The number of ether oxygens (including phenoxy) is 2. The Bertz CT molecular complexity index is 1180. The van der Waals surface area contributed by atoms with Gasteiger partial charge in [0.05, 0.1) is 17.5 Å². The standard InChI is InChI=1S/C25H25N3O3/c1-15-4-2-6-20(26-15)23-24(17-7-10-21-22(13-17)31-14-30-21)28-11-3-5-16-12-18(29)8-9-19(16)25(28)27-23/h2-7,10,13,16,18-19,29H,8-9,11-12,14H2,1H3/t16-,18+,19-/m0/s1. The van der Waals surface area contributed by atoms with Gasteiger partial charge in [-0.1, -0.05) is 18.2 Å². The maximum absolute atomic E-state index is 10.2. The van der Waals surface area contributed by atoms with Crippen molar-refractivity contribution >= 4 is 0 Å². The van der Waals surface area contributed by atoms with E-state index < -0.39 is 0 Å². The molecule has 2 aromatic heterocycles. The molecule has 3 aliphatic rings. The lowest BCUT2D eigenvalue weighted by Gasteiger charge is -2.31. The molecule has 1 saturated carbocycles. The smallest absolute Gasteiger partial charge is 0.231 e. The number of imidazole rings is 1. The van der Waals surface area contributed by atoms with Gasteiger partial charge < -0.3 is 19.1 Å². The van der Waals surface area contributed by atoms with Crippen molar-refractivity contribution in [3.8, 4) is 34.1 Å². The molecule has 6 nitrogen and oxygen atoms in total. The Morgan fingerprint density at radius 1 is 1.06 bits per heavy atom. The van der Waals surface area contributed by atoms with Crippen molar-refractivity contribution < 1.29 is 14.6 Å². The summed E-state index contributed by atoms with van der Waals surface area (Å²) in [5.41, 5.74) is 4.85. The summed E-state index contributed by atoms with van der Waals surface area (Å²) in [5, 5.41) is 10.2. The van der Waals surface area contributed by atoms with E-state index in [9.17, 15) is 5.11 Å². The van der Waals surface area contributed by atoms with Crippen LogP contribution in [0.25, 0.3) is 22.6 Å². The number of aromatic nitrogens is 3. The highest BCUT2D eigenvalue weighted by atomic mass is 16.7. The number of rotatable bonds is 2. The van der Waals surface area contributed by atoms with Gasteiger partial charge in [0.2, 0.25) is 6.79 Å². The van der Waals surface area contributed by atoms with Gasteiger partial charge in [-0.25, -0.2) is 4.98 Å². The number of fused-ring (bicyclic) bond motifs is 4. The molecule has 6 heteroatoms. The SMILES string of the molecule is Cc1cccc(-c2nc3n(c2-c2ccc4c(c2)OCO4)CC=C[C@H]2C[C@H](O)CC[C@H]32)n1. The number of hydrogen-bond acceptors (Lipinski definition) is 5. The van der Waals surface area contributed by atoms with E-state index >= 15 is 0 Å². The maximum Gasteiger partial charge on any atom is 0.231 e. The molecule has 3 aromatic rings. The molecular weight excluding hydrogens is 390 g/mol. The van der Waals surface area contributed by atoms with Gasteiger partial charge in [0.25, 0.3) is 0 Å². The van der Waals surface area contributed by atoms with Crippen LogP contribution in [0.1, 0.15) is 36.7 Å². The molecule has 6 rings (SSSR count). The fourth-order valence-corrected chi connectivity index (χ4v) is 5.18. The van der Waals surface area contributed by atoms with E-state index in [1.54, 1.807) is 0 Å². The first-order chi connectivity index (χ1) is 15.2. The molecule has 0 bridgehead atoms. The van der Waals surface area contributed by atoms with Gasteiger partial charge in [-0.15, -0.1) is 0 Å². The van der Waals surface area contributed by atoms with Crippen LogP contribution in [0.4, 0.5) is 0 Å². The summed E-state index contributed by atoms with van der Waals surface area (Å²) < 4.78 is 13.5. The molecule has 0 radical (unpaired) electrons. The van der Waals surface area contributed by atoms with Crippen LogP contribution >= 0.6 is 0 Å². The summed E-state index contributed by atoms with van der Waals surface area (Å²) in [5.74, 6) is 3.24. The number of allylic oxidation sites excluding steroid dienone is 2. The first-order valence-electron chi connectivity index (χ1n) is 11.0. The highest BCUT2D eigenvalue weighted by Gasteiger charge is 2.35. The zero-order chi connectivity index (χ0) is 20.9. The number of aliphatic hydroxyl groups is 1. The molecular formula is C25H25N3O3. The minimum Gasteiger partial charge on any atom is -0.454 e. The molecule has 31 heavy (non-hydrogen) atoms. The summed E-state index contributed by atoms with van der Waals surface area (Å²) in [4.78, 5) is 10.0. The summed E-state index contributed by atoms with van der Waals surface area (Å²) in [6, 6.07) is 12.2. The Hall–Kier alpha value is -3.12. The van der Waals surface area contributed by atoms with E-state index in [2.05, 4.69) is 22.8 Å². The maximum atomic E-state index is 10.2. The Kier molecular flexibility index (Phi) is 4.35. The van der Waals surface area contributed by atoms with Crippen LogP contribution in [-0.4, -0.2) is 32.5 Å². The van der Waals surface area contributed by atoms with Crippen LogP contribution in [0, 0.1) is 12.8 Å². The zero-order valence-electron chi connectivity index (χ0n) is 17.5. The van der Waals surface area contributed by atoms with Crippen molar-refractivity contribution in [2.24, 2.45) is 5.92 Å². The second-order valence-electron chi connectivity index (χ2n) is 8.68. The predicted octanol–water partition coefficient (Wildman–Crippen LogP) is 4.46. The molecule has 0 saturated heterocycles. The van der Waals surface area contributed by atoms with E-state index in [0.29, 0.717) is 11.8 Å². The third kappa shape index (κ3) is 3.13. The molecule has 0 amide bonds. The normalized spacial score (nSPS) is 23.9. The monoisotopic (exact) mass is 415 g/mol. The Morgan fingerprint density at radius 3 is 2.87 bits per heavy atom. The second-order valence-corrected chi connectivity index (χ2v) is 8.68. The summed E-state index contributed by atoms with van der Waals surface area (Å²) in [6.45, 7) is 3.01. The molecule has 1 fully saturated rings. The van der Waals surface area contributed by atoms with Gasteiger partial charge in [0, 0.05) is 23.7 Å². The van der Waals surface area contributed by atoms with Crippen molar-refractivity contribution in [1.29, 1.82) is 0 Å². The van der Waals surface area contributed by atoms with E-state index in [1.165, 1.54) is 0 Å². The lowest BCUT2D eigenvalue weighted by atomic mass is 9.77.